The molecule has 7 atom stereocenters. The summed E-state index contributed by atoms with van der Waals surface area (Å²) in [5, 5.41) is 21.3. The van der Waals surface area contributed by atoms with E-state index in [0.717, 1.165) is 64.5 Å². The third-order valence-corrected chi connectivity index (χ3v) is 10.9. The zero-order valence-corrected chi connectivity index (χ0v) is 24.5. The number of aliphatic hydroxyl groups is 1. The number of oxime groups is 2. The van der Waals surface area contributed by atoms with E-state index in [1.165, 1.54) is 25.0 Å². The fourth-order valence-electron chi connectivity index (χ4n) is 8.59. The fourth-order valence-corrected chi connectivity index (χ4v) is 8.59. The quantitative estimate of drug-likeness (QED) is 0.236. The van der Waals surface area contributed by atoms with Crippen molar-refractivity contribution in [3.63, 3.8) is 0 Å². The summed E-state index contributed by atoms with van der Waals surface area (Å²) in [6.07, 6.45) is 13.9. The van der Waals surface area contributed by atoms with Crippen molar-refractivity contribution in [1.29, 1.82) is 0 Å². The van der Waals surface area contributed by atoms with E-state index in [4.69, 9.17) is 9.68 Å². The van der Waals surface area contributed by atoms with Gasteiger partial charge in [-0.3, -0.25) is 0 Å². The summed E-state index contributed by atoms with van der Waals surface area (Å²) in [5.74, 6) is 1.96. The molecule has 4 rings (SSSR count). The number of rotatable bonds is 11. The van der Waals surface area contributed by atoms with Crippen molar-refractivity contribution in [1.82, 2.24) is 9.80 Å². The molecule has 0 aromatic heterocycles. The SMILES string of the molecule is CN(C)CCCON=CC1CC[C@@]2(O)[C@@H]3CCC4CC(=NOCCCN(C)C)CC[C@]4(C)[C@@H]3CC[C@]12C. The standard InChI is InChI=1S/C30H54N4O3/c1-28-14-12-25(32-37-20-8-18-34(5)6)21-23(28)9-10-27-26(28)13-15-29(2)24(11-16-30(27,29)35)22-31-36-19-7-17-33(3)4/h22-24,26-27,35H,7-21H2,1-6H3/t23?,24?,26-,27-,28+,29-,30-/m1/s1. The zero-order chi connectivity index (χ0) is 26.7. The first-order valence-electron chi connectivity index (χ1n) is 14.9. The topological polar surface area (TPSA) is 69.9 Å². The van der Waals surface area contributed by atoms with Crippen LogP contribution >= 0.6 is 0 Å². The first-order valence-corrected chi connectivity index (χ1v) is 14.9. The second kappa shape index (κ2) is 11.9. The Balaban J connectivity index is 1.35. The predicted molar refractivity (Wildman–Crippen MR) is 151 cm³/mol. The van der Waals surface area contributed by atoms with E-state index in [2.05, 4.69) is 62.1 Å². The van der Waals surface area contributed by atoms with Gasteiger partial charge in [0.15, 0.2) is 0 Å². The van der Waals surface area contributed by atoms with E-state index >= 15 is 0 Å². The number of nitrogens with zero attached hydrogens (tertiary/aromatic N) is 4. The maximum absolute atomic E-state index is 12.3. The van der Waals surface area contributed by atoms with Crippen molar-refractivity contribution in [3.8, 4) is 0 Å². The highest BCUT2D eigenvalue weighted by atomic mass is 16.6. The Morgan fingerprint density at radius 2 is 1.59 bits per heavy atom. The van der Waals surface area contributed by atoms with Crippen molar-refractivity contribution in [2.75, 3.05) is 54.5 Å². The lowest BCUT2D eigenvalue weighted by Gasteiger charge is -2.63. The van der Waals surface area contributed by atoms with Crippen LogP contribution in [-0.2, 0) is 9.68 Å². The van der Waals surface area contributed by atoms with Gasteiger partial charge in [0.1, 0.15) is 13.2 Å². The van der Waals surface area contributed by atoms with Crippen LogP contribution in [0.3, 0.4) is 0 Å². The molecule has 0 heterocycles. The molecule has 37 heavy (non-hydrogen) atoms. The van der Waals surface area contributed by atoms with E-state index in [9.17, 15) is 5.11 Å². The minimum atomic E-state index is -0.588. The van der Waals surface area contributed by atoms with Crippen molar-refractivity contribution >= 4 is 11.9 Å². The average molecular weight is 519 g/mol. The molecule has 4 fully saturated rings. The molecule has 4 aliphatic carbocycles. The average Bonchev–Trinajstić information content (AvgIpc) is 3.11. The molecule has 7 heteroatoms. The van der Waals surface area contributed by atoms with Crippen molar-refractivity contribution < 1.29 is 14.8 Å². The Labute approximate surface area is 226 Å². The fraction of sp³-hybridized carbons (Fsp3) is 0.933. The molecule has 7 nitrogen and oxygen atoms in total. The Kier molecular flexibility index (Phi) is 9.28. The molecule has 0 saturated heterocycles. The van der Waals surface area contributed by atoms with Gasteiger partial charge in [-0.1, -0.05) is 24.2 Å². The summed E-state index contributed by atoms with van der Waals surface area (Å²) in [6.45, 7) is 8.27. The second-order valence-electron chi connectivity index (χ2n) is 13.6. The second-order valence-corrected chi connectivity index (χ2v) is 13.6. The molecule has 0 aromatic carbocycles. The lowest BCUT2D eigenvalue weighted by Crippen LogP contribution is -2.62. The van der Waals surface area contributed by atoms with Crippen LogP contribution in [0.4, 0.5) is 0 Å². The van der Waals surface area contributed by atoms with E-state index in [-0.39, 0.29) is 5.41 Å². The van der Waals surface area contributed by atoms with E-state index in [1.54, 1.807) is 0 Å². The van der Waals surface area contributed by atoms with Crippen LogP contribution in [0.1, 0.15) is 84.5 Å². The smallest absolute Gasteiger partial charge is 0.118 e. The van der Waals surface area contributed by atoms with Gasteiger partial charge in [0.05, 0.1) is 11.3 Å². The van der Waals surface area contributed by atoms with Crippen molar-refractivity contribution in [2.24, 2.45) is 44.8 Å². The lowest BCUT2D eigenvalue weighted by atomic mass is 9.43. The van der Waals surface area contributed by atoms with Crippen LogP contribution in [-0.4, -0.2) is 86.9 Å². The molecule has 0 amide bonds. The van der Waals surface area contributed by atoms with Gasteiger partial charge < -0.3 is 24.6 Å². The molecule has 2 unspecified atom stereocenters. The summed E-state index contributed by atoms with van der Waals surface area (Å²) in [4.78, 5) is 15.7. The van der Waals surface area contributed by atoms with Gasteiger partial charge in [-0.15, -0.1) is 0 Å². The molecule has 4 saturated carbocycles. The van der Waals surface area contributed by atoms with Gasteiger partial charge in [-0.2, -0.15) is 0 Å². The van der Waals surface area contributed by atoms with Gasteiger partial charge in [-0.05, 0) is 122 Å². The minimum Gasteiger partial charge on any atom is -0.396 e. The Hall–Kier alpha value is -1.18. The summed E-state index contributed by atoms with van der Waals surface area (Å²) < 4.78 is 0. The Morgan fingerprint density at radius 1 is 0.892 bits per heavy atom. The van der Waals surface area contributed by atoms with Crippen molar-refractivity contribution in [3.05, 3.63) is 0 Å². The molecular weight excluding hydrogens is 464 g/mol. The Morgan fingerprint density at radius 3 is 2.30 bits per heavy atom. The third-order valence-electron chi connectivity index (χ3n) is 10.9. The zero-order valence-electron chi connectivity index (χ0n) is 24.5. The van der Waals surface area contributed by atoms with Crippen LogP contribution in [0.15, 0.2) is 10.3 Å². The minimum absolute atomic E-state index is 0.102. The van der Waals surface area contributed by atoms with Gasteiger partial charge in [0.2, 0.25) is 0 Å². The summed E-state index contributed by atoms with van der Waals surface area (Å²) >= 11 is 0. The van der Waals surface area contributed by atoms with Gasteiger partial charge >= 0.3 is 0 Å². The first kappa shape index (κ1) is 28.8. The number of hydrogen-bond donors (Lipinski definition) is 1. The van der Waals surface area contributed by atoms with Gasteiger partial charge in [-0.25, -0.2) is 0 Å². The monoisotopic (exact) mass is 518 g/mol. The molecule has 0 bridgehead atoms. The highest BCUT2D eigenvalue weighted by Gasteiger charge is 2.66. The summed E-state index contributed by atoms with van der Waals surface area (Å²) in [7, 11) is 8.35. The van der Waals surface area contributed by atoms with E-state index < -0.39 is 5.60 Å². The lowest BCUT2D eigenvalue weighted by molar-refractivity contribution is -0.198. The van der Waals surface area contributed by atoms with E-state index in [1.807, 2.05) is 6.21 Å². The number of hydrogen-bond acceptors (Lipinski definition) is 7. The van der Waals surface area contributed by atoms with E-state index in [0.29, 0.717) is 42.3 Å². The summed E-state index contributed by atoms with van der Waals surface area (Å²) in [5.41, 5.74) is 0.865. The first-order chi connectivity index (χ1) is 17.6. The Bertz CT molecular complexity index is 817. The molecule has 0 aromatic rings. The van der Waals surface area contributed by atoms with Gasteiger partial charge in [0, 0.05) is 30.6 Å². The molecular formula is C30H54N4O3. The van der Waals surface area contributed by atoms with Crippen LogP contribution in [0.5, 0.6) is 0 Å². The molecule has 1 N–H and O–H groups in total. The molecule has 0 spiro atoms. The van der Waals surface area contributed by atoms with Crippen LogP contribution in [0.25, 0.3) is 0 Å². The molecule has 0 aliphatic heterocycles. The normalized spacial score (nSPS) is 40.7. The largest absolute Gasteiger partial charge is 0.396 e. The van der Waals surface area contributed by atoms with Gasteiger partial charge in [0.25, 0.3) is 0 Å². The van der Waals surface area contributed by atoms with Crippen LogP contribution in [0.2, 0.25) is 0 Å². The maximum atomic E-state index is 12.3. The summed E-state index contributed by atoms with van der Waals surface area (Å²) in [6, 6.07) is 0. The van der Waals surface area contributed by atoms with Crippen LogP contribution in [0, 0.1) is 34.5 Å². The molecule has 4 aliphatic rings. The maximum Gasteiger partial charge on any atom is 0.118 e. The van der Waals surface area contributed by atoms with Crippen LogP contribution < -0.4 is 0 Å². The highest BCUT2D eigenvalue weighted by molar-refractivity contribution is 5.85. The number of fused-ring (bicyclic) bond motifs is 5. The predicted octanol–water partition coefficient (Wildman–Crippen LogP) is 5.04. The molecule has 0 radical (unpaired) electrons. The van der Waals surface area contributed by atoms with Crippen molar-refractivity contribution in [2.45, 2.75) is 90.1 Å². The third kappa shape index (κ3) is 5.89. The highest BCUT2D eigenvalue weighted by Crippen LogP contribution is 2.68. The molecule has 212 valence electrons.